The van der Waals surface area contributed by atoms with E-state index in [1.54, 1.807) is 25.1 Å². The maximum Gasteiger partial charge on any atom is 0.338 e. The minimum Gasteiger partial charge on any atom is -0.462 e. The summed E-state index contributed by atoms with van der Waals surface area (Å²) in [5, 5.41) is 6.95. The molecule has 0 amide bonds. The molecule has 0 radical (unpaired) electrons. The second kappa shape index (κ2) is 8.26. The van der Waals surface area contributed by atoms with Crippen LogP contribution in [-0.4, -0.2) is 38.8 Å². The van der Waals surface area contributed by atoms with E-state index in [4.69, 9.17) is 4.74 Å². The van der Waals surface area contributed by atoms with Crippen molar-refractivity contribution in [3.8, 4) is 0 Å². The molecule has 160 valence electrons. The van der Waals surface area contributed by atoms with Gasteiger partial charge in [-0.3, -0.25) is 0 Å². The van der Waals surface area contributed by atoms with Gasteiger partial charge in [0.25, 0.3) is 0 Å². The number of nitrogens with one attached hydrogen (secondary N) is 2. The smallest absolute Gasteiger partial charge is 0.338 e. The summed E-state index contributed by atoms with van der Waals surface area (Å²) in [6.07, 6.45) is 0.784. The number of rotatable bonds is 4. The van der Waals surface area contributed by atoms with Crippen molar-refractivity contribution in [2.24, 2.45) is 5.41 Å². The zero-order chi connectivity index (χ0) is 21.3. The van der Waals surface area contributed by atoms with Crippen LogP contribution in [0, 0.1) is 11.2 Å². The van der Waals surface area contributed by atoms with Gasteiger partial charge in [-0.15, -0.1) is 0 Å². The molecule has 5 nitrogen and oxygen atoms in total. The van der Waals surface area contributed by atoms with Crippen LogP contribution < -0.4 is 15.5 Å². The first-order chi connectivity index (χ1) is 14.4. The summed E-state index contributed by atoms with van der Waals surface area (Å²) >= 11 is 0. The quantitative estimate of drug-likeness (QED) is 0.741. The van der Waals surface area contributed by atoms with Crippen LogP contribution in [0.3, 0.4) is 0 Å². The Morgan fingerprint density at radius 2 is 1.97 bits per heavy atom. The molecule has 0 bridgehead atoms. The van der Waals surface area contributed by atoms with E-state index >= 15 is 0 Å². The van der Waals surface area contributed by atoms with Crippen LogP contribution in [0.2, 0.25) is 0 Å². The zero-order valence-electron chi connectivity index (χ0n) is 17.9. The fourth-order valence-electron chi connectivity index (χ4n) is 4.57. The minimum absolute atomic E-state index is 0.0317. The lowest BCUT2D eigenvalue weighted by molar-refractivity contribution is 0.0526. The number of carbonyl (C=O) groups excluding carboxylic acids is 1. The first-order valence-corrected chi connectivity index (χ1v) is 10.7. The van der Waals surface area contributed by atoms with Gasteiger partial charge in [-0.25, -0.2) is 9.18 Å². The number of halogens is 1. The highest BCUT2D eigenvalue weighted by Gasteiger charge is 2.36. The molecule has 2 aliphatic rings. The van der Waals surface area contributed by atoms with E-state index in [-0.39, 0.29) is 23.2 Å². The molecule has 0 spiro atoms. The van der Waals surface area contributed by atoms with E-state index in [9.17, 15) is 9.18 Å². The standard InChI is InChI=1S/C24H30FN3O2/c1-4-30-23(29)16-5-6-21-18(11-16)15-24(2,3)22(27-21)17-12-19(25)14-20(13-17)28-9-7-26-8-10-28/h5-6,11-14,22,26-27H,4,7-10,15H2,1-3H3. The Morgan fingerprint density at radius 3 is 2.70 bits per heavy atom. The van der Waals surface area contributed by atoms with Gasteiger partial charge in [-0.2, -0.15) is 0 Å². The summed E-state index contributed by atoms with van der Waals surface area (Å²) in [7, 11) is 0. The molecule has 2 aliphatic heterocycles. The minimum atomic E-state index is -0.300. The molecule has 2 aromatic rings. The second-order valence-electron chi connectivity index (χ2n) is 8.81. The number of hydrogen-bond donors (Lipinski definition) is 2. The third-order valence-electron chi connectivity index (χ3n) is 6.06. The number of carbonyl (C=O) groups is 1. The van der Waals surface area contributed by atoms with E-state index in [2.05, 4.69) is 35.4 Å². The topological polar surface area (TPSA) is 53.6 Å². The van der Waals surface area contributed by atoms with Crippen LogP contribution in [0.25, 0.3) is 0 Å². The van der Waals surface area contributed by atoms with Crippen molar-refractivity contribution in [3.63, 3.8) is 0 Å². The van der Waals surface area contributed by atoms with Gasteiger partial charge in [0, 0.05) is 37.6 Å². The van der Waals surface area contributed by atoms with Gasteiger partial charge >= 0.3 is 5.97 Å². The Morgan fingerprint density at radius 1 is 1.20 bits per heavy atom. The average molecular weight is 412 g/mol. The molecular formula is C24H30FN3O2. The average Bonchev–Trinajstić information content (AvgIpc) is 2.72. The van der Waals surface area contributed by atoms with Crippen LogP contribution in [0.15, 0.2) is 36.4 Å². The summed E-state index contributed by atoms with van der Waals surface area (Å²) in [6.45, 7) is 10.1. The van der Waals surface area contributed by atoms with E-state index in [1.165, 1.54) is 0 Å². The van der Waals surface area contributed by atoms with Crippen molar-refractivity contribution in [3.05, 3.63) is 58.9 Å². The normalized spacial score (nSPS) is 20.3. The molecule has 2 aromatic carbocycles. The van der Waals surface area contributed by atoms with Crippen LogP contribution in [-0.2, 0) is 11.2 Å². The Kier molecular flexibility index (Phi) is 5.69. The monoisotopic (exact) mass is 411 g/mol. The molecule has 0 aliphatic carbocycles. The van der Waals surface area contributed by atoms with Crippen molar-refractivity contribution in [1.82, 2.24) is 5.32 Å². The molecule has 30 heavy (non-hydrogen) atoms. The van der Waals surface area contributed by atoms with E-state index in [1.807, 2.05) is 12.1 Å². The highest BCUT2D eigenvalue weighted by atomic mass is 19.1. The van der Waals surface area contributed by atoms with Gasteiger partial charge in [0.15, 0.2) is 0 Å². The first kappa shape index (κ1) is 20.7. The Balaban J connectivity index is 1.64. The van der Waals surface area contributed by atoms with Gasteiger partial charge in [-0.1, -0.05) is 13.8 Å². The number of anilines is 2. The Bertz CT molecular complexity index is 938. The predicted molar refractivity (Wildman–Crippen MR) is 118 cm³/mol. The van der Waals surface area contributed by atoms with E-state index < -0.39 is 0 Å². The van der Waals surface area contributed by atoms with Crippen LogP contribution in [0.4, 0.5) is 15.8 Å². The highest BCUT2D eigenvalue weighted by molar-refractivity contribution is 5.90. The summed E-state index contributed by atoms with van der Waals surface area (Å²) < 4.78 is 19.7. The molecule has 0 aromatic heterocycles. The fourth-order valence-corrected chi connectivity index (χ4v) is 4.57. The highest BCUT2D eigenvalue weighted by Crippen LogP contribution is 2.45. The lowest BCUT2D eigenvalue weighted by atomic mass is 9.72. The third kappa shape index (κ3) is 4.15. The van der Waals surface area contributed by atoms with Crippen LogP contribution >= 0.6 is 0 Å². The summed E-state index contributed by atoms with van der Waals surface area (Å²) in [5.41, 5.74) is 4.37. The number of benzene rings is 2. The lowest BCUT2D eigenvalue weighted by Crippen LogP contribution is -2.43. The number of hydrogen-bond acceptors (Lipinski definition) is 5. The van der Waals surface area contributed by atoms with E-state index in [0.717, 1.165) is 55.1 Å². The van der Waals surface area contributed by atoms with Gasteiger partial charge in [-0.05, 0) is 66.3 Å². The van der Waals surface area contributed by atoms with Crippen molar-refractivity contribution in [2.75, 3.05) is 43.0 Å². The molecule has 1 atom stereocenters. The molecule has 6 heteroatoms. The number of nitrogens with zero attached hydrogens (tertiary/aromatic N) is 1. The summed E-state index contributed by atoms with van der Waals surface area (Å²) in [4.78, 5) is 14.3. The van der Waals surface area contributed by atoms with Crippen LogP contribution in [0.5, 0.6) is 0 Å². The Labute approximate surface area is 177 Å². The molecule has 0 saturated carbocycles. The van der Waals surface area contributed by atoms with Crippen molar-refractivity contribution in [2.45, 2.75) is 33.2 Å². The maximum atomic E-state index is 14.6. The number of fused-ring (bicyclic) bond motifs is 1. The maximum absolute atomic E-state index is 14.6. The molecule has 4 rings (SSSR count). The number of esters is 1. The number of ether oxygens (including phenoxy) is 1. The SMILES string of the molecule is CCOC(=O)c1ccc2c(c1)CC(C)(C)C(c1cc(F)cc(N3CCNCC3)c1)N2. The first-order valence-electron chi connectivity index (χ1n) is 10.7. The Hall–Kier alpha value is -2.60. The second-order valence-corrected chi connectivity index (χ2v) is 8.81. The summed E-state index contributed by atoms with van der Waals surface area (Å²) in [6, 6.07) is 11.0. The predicted octanol–water partition coefficient (Wildman–Crippen LogP) is 4.15. The third-order valence-corrected chi connectivity index (χ3v) is 6.06. The fraction of sp³-hybridized carbons (Fsp3) is 0.458. The molecule has 1 unspecified atom stereocenters. The van der Waals surface area contributed by atoms with Crippen LogP contribution in [0.1, 0.15) is 48.3 Å². The molecule has 1 fully saturated rings. The van der Waals surface area contributed by atoms with E-state index in [0.29, 0.717) is 12.2 Å². The lowest BCUT2D eigenvalue weighted by Gasteiger charge is -2.42. The largest absolute Gasteiger partial charge is 0.462 e. The van der Waals surface area contributed by atoms with Gasteiger partial charge in [0.05, 0.1) is 18.2 Å². The molecule has 2 N–H and O–H groups in total. The molecule has 1 saturated heterocycles. The van der Waals surface area contributed by atoms with Crippen molar-refractivity contribution in [1.29, 1.82) is 0 Å². The zero-order valence-corrected chi connectivity index (χ0v) is 17.9. The van der Waals surface area contributed by atoms with Gasteiger partial charge < -0.3 is 20.3 Å². The number of piperazine rings is 1. The summed E-state index contributed by atoms with van der Waals surface area (Å²) in [5.74, 6) is -0.506. The van der Waals surface area contributed by atoms with Crippen molar-refractivity contribution < 1.29 is 13.9 Å². The molecule has 2 heterocycles. The van der Waals surface area contributed by atoms with Gasteiger partial charge in [0.2, 0.25) is 0 Å². The van der Waals surface area contributed by atoms with Gasteiger partial charge in [0.1, 0.15) is 5.82 Å². The van der Waals surface area contributed by atoms with Crippen molar-refractivity contribution >= 4 is 17.3 Å². The molecular weight excluding hydrogens is 381 g/mol.